The van der Waals surface area contributed by atoms with Crippen LogP contribution in [0.15, 0.2) is 0 Å². The molecule has 0 aromatic rings. The number of alkyl halides is 1. The SMILES string of the molecule is CCCCCCCCCCCCCCCCCCC(CCCCCCCCCCCCCCCCCC)C(O)Cl. The zero-order valence-corrected chi connectivity index (χ0v) is 28.8. The Hall–Kier alpha value is 0.250. The first-order valence-corrected chi connectivity index (χ1v) is 19.5. The van der Waals surface area contributed by atoms with Crippen LogP contribution in [0.1, 0.15) is 232 Å². The summed E-state index contributed by atoms with van der Waals surface area (Å²) in [5.41, 5.74) is -0.646. The van der Waals surface area contributed by atoms with Gasteiger partial charge in [-0.05, 0) is 18.8 Å². The molecule has 0 heterocycles. The molecule has 1 atom stereocenters. The van der Waals surface area contributed by atoms with Crippen LogP contribution in [0, 0.1) is 5.92 Å². The molecule has 1 N–H and O–H groups in total. The van der Waals surface area contributed by atoms with Crippen molar-refractivity contribution in [1.29, 1.82) is 0 Å². The molecular formula is C38H77ClO. The van der Waals surface area contributed by atoms with Crippen LogP contribution in [0.2, 0.25) is 0 Å². The van der Waals surface area contributed by atoms with Crippen LogP contribution >= 0.6 is 11.6 Å². The molecule has 0 aliphatic carbocycles. The van der Waals surface area contributed by atoms with Crippen molar-refractivity contribution in [3.63, 3.8) is 0 Å². The van der Waals surface area contributed by atoms with Gasteiger partial charge >= 0.3 is 0 Å². The number of hydrogen-bond acceptors (Lipinski definition) is 1. The molecule has 0 radical (unpaired) electrons. The highest BCUT2D eigenvalue weighted by Gasteiger charge is 2.15. The van der Waals surface area contributed by atoms with Crippen molar-refractivity contribution in [3.8, 4) is 0 Å². The Kier molecular flexibility index (Phi) is 35.7. The van der Waals surface area contributed by atoms with E-state index in [2.05, 4.69) is 13.8 Å². The average molecular weight is 585 g/mol. The predicted octanol–water partition coefficient (Wildman–Crippen LogP) is 14.5. The number of unbranched alkanes of at least 4 members (excludes halogenated alkanes) is 30. The third kappa shape index (κ3) is 32.8. The molecule has 242 valence electrons. The molecule has 0 aromatic carbocycles. The summed E-state index contributed by atoms with van der Waals surface area (Å²) in [7, 11) is 0. The second kappa shape index (κ2) is 35.4. The van der Waals surface area contributed by atoms with Gasteiger partial charge in [0.1, 0.15) is 5.56 Å². The normalized spacial score (nSPS) is 12.5. The highest BCUT2D eigenvalue weighted by atomic mass is 35.5. The Bertz CT molecular complexity index is 401. The van der Waals surface area contributed by atoms with Crippen molar-refractivity contribution >= 4 is 11.6 Å². The molecule has 0 saturated heterocycles. The lowest BCUT2D eigenvalue weighted by molar-refractivity contribution is 0.165. The summed E-state index contributed by atoms with van der Waals surface area (Å²) in [4.78, 5) is 0. The predicted molar refractivity (Wildman–Crippen MR) is 184 cm³/mol. The molecule has 0 spiro atoms. The molecule has 0 bridgehead atoms. The number of rotatable bonds is 35. The van der Waals surface area contributed by atoms with E-state index in [4.69, 9.17) is 11.6 Å². The van der Waals surface area contributed by atoms with E-state index in [0.717, 1.165) is 12.8 Å². The Labute approximate surface area is 259 Å². The average Bonchev–Trinajstić information content (AvgIpc) is 2.95. The molecule has 1 unspecified atom stereocenters. The van der Waals surface area contributed by atoms with E-state index in [1.165, 1.54) is 205 Å². The van der Waals surface area contributed by atoms with Crippen LogP contribution in [0.4, 0.5) is 0 Å². The van der Waals surface area contributed by atoms with Crippen LogP contribution in [-0.2, 0) is 0 Å². The molecule has 1 nitrogen and oxygen atoms in total. The minimum absolute atomic E-state index is 0.306. The summed E-state index contributed by atoms with van der Waals surface area (Å²) in [6, 6.07) is 0. The summed E-state index contributed by atoms with van der Waals surface area (Å²) < 4.78 is 0. The molecule has 0 aliphatic heterocycles. The van der Waals surface area contributed by atoms with Gasteiger partial charge in [-0.15, -0.1) is 0 Å². The maximum Gasteiger partial charge on any atom is 0.130 e. The van der Waals surface area contributed by atoms with Crippen LogP contribution < -0.4 is 0 Å². The Balaban J connectivity index is 3.37. The van der Waals surface area contributed by atoms with Crippen molar-refractivity contribution < 1.29 is 5.11 Å². The van der Waals surface area contributed by atoms with Crippen molar-refractivity contribution in [2.45, 2.75) is 238 Å². The number of aliphatic hydroxyl groups is 1. The van der Waals surface area contributed by atoms with Gasteiger partial charge in [-0.3, -0.25) is 0 Å². The fraction of sp³-hybridized carbons (Fsp3) is 1.00. The second-order valence-electron chi connectivity index (χ2n) is 13.3. The number of hydrogen-bond donors (Lipinski definition) is 1. The minimum Gasteiger partial charge on any atom is -0.377 e. The van der Waals surface area contributed by atoms with Gasteiger partial charge in [-0.2, -0.15) is 0 Å². The van der Waals surface area contributed by atoms with Crippen molar-refractivity contribution in [2.24, 2.45) is 5.92 Å². The zero-order valence-electron chi connectivity index (χ0n) is 28.0. The van der Waals surface area contributed by atoms with Crippen LogP contribution in [0.3, 0.4) is 0 Å². The maximum absolute atomic E-state index is 10.0. The Morgan fingerprint density at radius 2 is 0.500 bits per heavy atom. The molecule has 2 heteroatoms. The highest BCUT2D eigenvalue weighted by Crippen LogP contribution is 2.24. The lowest BCUT2D eigenvalue weighted by atomic mass is 9.94. The molecule has 0 aliphatic rings. The highest BCUT2D eigenvalue weighted by molar-refractivity contribution is 6.19. The third-order valence-electron chi connectivity index (χ3n) is 9.25. The summed E-state index contributed by atoms with van der Waals surface area (Å²) in [5, 5.41) is 10.0. The van der Waals surface area contributed by atoms with Gasteiger partial charge in [0.2, 0.25) is 0 Å². The number of halogens is 1. The molecule has 0 aromatic heterocycles. The lowest BCUT2D eigenvalue weighted by Gasteiger charge is -2.18. The molecular weight excluding hydrogens is 508 g/mol. The van der Waals surface area contributed by atoms with Gasteiger partial charge in [0.25, 0.3) is 0 Å². The Morgan fingerprint density at radius 1 is 0.325 bits per heavy atom. The van der Waals surface area contributed by atoms with E-state index in [1.54, 1.807) is 0 Å². The fourth-order valence-corrected chi connectivity index (χ4v) is 6.58. The fourth-order valence-electron chi connectivity index (χ4n) is 6.33. The van der Waals surface area contributed by atoms with Gasteiger partial charge in [0.05, 0.1) is 0 Å². The van der Waals surface area contributed by atoms with E-state index in [-0.39, 0.29) is 0 Å². The van der Waals surface area contributed by atoms with E-state index in [9.17, 15) is 5.11 Å². The van der Waals surface area contributed by atoms with Gasteiger partial charge in [-0.25, -0.2) is 0 Å². The number of aliphatic hydroxyl groups excluding tert-OH is 1. The van der Waals surface area contributed by atoms with Gasteiger partial charge < -0.3 is 5.11 Å². The summed E-state index contributed by atoms with van der Waals surface area (Å²) in [6.07, 6.45) is 47.4. The van der Waals surface area contributed by atoms with Gasteiger partial charge in [-0.1, -0.05) is 231 Å². The standard InChI is InChI=1S/C38H77ClO/c1-3-5-7-9-11-13-15-17-19-21-23-25-27-29-31-33-35-37(38(39)40)36-34-32-30-28-26-24-22-20-18-16-14-12-10-8-6-4-2/h37-38,40H,3-36H2,1-2H3. The van der Waals surface area contributed by atoms with Crippen LogP contribution in [0.25, 0.3) is 0 Å². The first-order chi connectivity index (χ1) is 19.7. The molecule has 0 fully saturated rings. The summed E-state index contributed by atoms with van der Waals surface area (Å²) in [6.45, 7) is 4.59. The monoisotopic (exact) mass is 585 g/mol. The Morgan fingerprint density at radius 3 is 0.675 bits per heavy atom. The largest absolute Gasteiger partial charge is 0.377 e. The molecule has 40 heavy (non-hydrogen) atoms. The van der Waals surface area contributed by atoms with Crippen molar-refractivity contribution in [2.75, 3.05) is 0 Å². The topological polar surface area (TPSA) is 20.2 Å². The molecule has 0 amide bonds. The van der Waals surface area contributed by atoms with E-state index >= 15 is 0 Å². The first-order valence-electron chi connectivity index (χ1n) is 19.0. The van der Waals surface area contributed by atoms with E-state index in [0.29, 0.717) is 5.92 Å². The second-order valence-corrected chi connectivity index (χ2v) is 13.8. The third-order valence-corrected chi connectivity index (χ3v) is 9.60. The summed E-state index contributed by atoms with van der Waals surface area (Å²) in [5.74, 6) is 0.306. The van der Waals surface area contributed by atoms with Gasteiger partial charge in [0.15, 0.2) is 0 Å². The smallest absolute Gasteiger partial charge is 0.130 e. The quantitative estimate of drug-likeness (QED) is 0.0580. The van der Waals surface area contributed by atoms with Crippen LogP contribution in [0.5, 0.6) is 0 Å². The van der Waals surface area contributed by atoms with Crippen molar-refractivity contribution in [1.82, 2.24) is 0 Å². The van der Waals surface area contributed by atoms with Gasteiger partial charge in [0, 0.05) is 0 Å². The minimum atomic E-state index is -0.646. The zero-order chi connectivity index (χ0) is 29.2. The lowest BCUT2D eigenvalue weighted by Crippen LogP contribution is -2.14. The van der Waals surface area contributed by atoms with Crippen LogP contribution in [-0.4, -0.2) is 10.7 Å². The molecule has 0 saturated carbocycles. The van der Waals surface area contributed by atoms with E-state index in [1.807, 2.05) is 0 Å². The first kappa shape index (κ1) is 40.2. The van der Waals surface area contributed by atoms with Crippen molar-refractivity contribution in [3.05, 3.63) is 0 Å². The summed E-state index contributed by atoms with van der Waals surface area (Å²) >= 11 is 6.14. The molecule has 0 rings (SSSR count). The maximum atomic E-state index is 10.0. The van der Waals surface area contributed by atoms with E-state index < -0.39 is 5.56 Å².